The van der Waals surface area contributed by atoms with E-state index in [0.717, 1.165) is 35.3 Å². The van der Waals surface area contributed by atoms with E-state index in [1.54, 1.807) is 11.3 Å². The molecule has 0 aliphatic carbocycles. The molecule has 0 aromatic carbocycles. The van der Waals surface area contributed by atoms with Crippen molar-refractivity contribution < 1.29 is 0 Å². The van der Waals surface area contributed by atoms with Gasteiger partial charge in [0.2, 0.25) is 0 Å². The number of anilines is 1. The number of nitrogens with zero attached hydrogens (tertiary/aromatic N) is 4. The van der Waals surface area contributed by atoms with E-state index < -0.39 is 0 Å². The van der Waals surface area contributed by atoms with E-state index in [0.29, 0.717) is 0 Å². The minimum absolute atomic E-state index is 0.806. The van der Waals surface area contributed by atoms with Crippen LogP contribution in [0.5, 0.6) is 0 Å². The van der Waals surface area contributed by atoms with Crippen LogP contribution in [-0.2, 0) is 20.1 Å². The summed E-state index contributed by atoms with van der Waals surface area (Å²) in [4.78, 5) is 6.73. The maximum atomic E-state index is 4.52. The van der Waals surface area contributed by atoms with E-state index in [1.807, 2.05) is 25.7 Å². The number of aryl methyl sites for hydroxylation is 3. The molecule has 2 rings (SSSR count). The highest BCUT2D eigenvalue weighted by Crippen LogP contribution is 2.23. The van der Waals surface area contributed by atoms with Crippen molar-refractivity contribution in [2.45, 2.75) is 26.9 Å². The first-order valence-corrected chi connectivity index (χ1v) is 7.20. The Morgan fingerprint density at radius 3 is 2.74 bits per heavy atom. The lowest BCUT2D eigenvalue weighted by Crippen LogP contribution is -2.22. The number of thiazole rings is 1. The van der Waals surface area contributed by atoms with Crippen molar-refractivity contribution in [1.29, 1.82) is 0 Å². The summed E-state index contributed by atoms with van der Waals surface area (Å²) in [5.74, 6) is 1.15. The van der Waals surface area contributed by atoms with Gasteiger partial charge in [-0.15, -0.1) is 11.3 Å². The second kappa shape index (κ2) is 5.71. The average Bonchev–Trinajstić information content (AvgIpc) is 2.84. The molecule has 0 bridgehead atoms. The SMILES string of the molecule is CNCc1c(C)nn(C)c1N(C)Cc1csc(C)n1. The molecule has 0 spiro atoms. The molecule has 0 atom stereocenters. The van der Waals surface area contributed by atoms with Gasteiger partial charge in [0, 0.05) is 31.6 Å². The predicted octanol–water partition coefficient (Wildman–Crippen LogP) is 1.85. The van der Waals surface area contributed by atoms with Gasteiger partial charge in [-0.05, 0) is 20.9 Å². The van der Waals surface area contributed by atoms with Crippen LogP contribution in [0.4, 0.5) is 5.82 Å². The van der Waals surface area contributed by atoms with Crippen LogP contribution in [0.3, 0.4) is 0 Å². The fourth-order valence-corrected chi connectivity index (χ4v) is 2.95. The summed E-state index contributed by atoms with van der Waals surface area (Å²) in [6, 6.07) is 0. The van der Waals surface area contributed by atoms with Gasteiger partial charge >= 0.3 is 0 Å². The van der Waals surface area contributed by atoms with Crippen LogP contribution in [0, 0.1) is 13.8 Å². The van der Waals surface area contributed by atoms with Gasteiger partial charge in [-0.3, -0.25) is 4.68 Å². The van der Waals surface area contributed by atoms with Gasteiger partial charge in [0.15, 0.2) is 0 Å². The molecule has 0 saturated carbocycles. The smallest absolute Gasteiger partial charge is 0.131 e. The molecule has 19 heavy (non-hydrogen) atoms. The highest BCUT2D eigenvalue weighted by atomic mass is 32.1. The fraction of sp³-hybridized carbons (Fsp3) is 0.538. The number of nitrogens with one attached hydrogen (secondary N) is 1. The van der Waals surface area contributed by atoms with E-state index in [4.69, 9.17) is 0 Å². The maximum absolute atomic E-state index is 4.52. The number of hydrogen-bond donors (Lipinski definition) is 1. The molecule has 2 heterocycles. The summed E-state index contributed by atoms with van der Waals surface area (Å²) in [7, 11) is 6.04. The molecule has 0 unspecified atom stereocenters. The zero-order valence-corrected chi connectivity index (χ0v) is 13.0. The summed E-state index contributed by atoms with van der Waals surface area (Å²) in [5.41, 5.74) is 3.44. The topological polar surface area (TPSA) is 46.0 Å². The number of aromatic nitrogens is 3. The zero-order chi connectivity index (χ0) is 14.0. The molecular weight excluding hydrogens is 258 g/mol. The van der Waals surface area contributed by atoms with Crippen molar-refractivity contribution in [2.24, 2.45) is 7.05 Å². The number of hydrogen-bond acceptors (Lipinski definition) is 5. The maximum Gasteiger partial charge on any atom is 0.131 e. The zero-order valence-electron chi connectivity index (χ0n) is 12.2. The minimum atomic E-state index is 0.806. The van der Waals surface area contributed by atoms with Gasteiger partial charge in [0.25, 0.3) is 0 Å². The molecule has 6 heteroatoms. The van der Waals surface area contributed by atoms with E-state index in [1.165, 1.54) is 5.56 Å². The normalized spacial score (nSPS) is 11.0. The van der Waals surface area contributed by atoms with Crippen molar-refractivity contribution in [1.82, 2.24) is 20.1 Å². The quantitative estimate of drug-likeness (QED) is 0.907. The van der Waals surface area contributed by atoms with Crippen LogP contribution in [0.2, 0.25) is 0 Å². The Labute approximate surface area is 118 Å². The molecule has 0 aliphatic rings. The van der Waals surface area contributed by atoms with E-state index in [2.05, 4.69) is 39.7 Å². The minimum Gasteiger partial charge on any atom is -0.354 e. The van der Waals surface area contributed by atoms with Crippen LogP contribution in [-0.4, -0.2) is 28.9 Å². The fourth-order valence-electron chi connectivity index (χ4n) is 2.35. The van der Waals surface area contributed by atoms with Crippen molar-refractivity contribution >= 4 is 17.2 Å². The van der Waals surface area contributed by atoms with Gasteiger partial charge in [-0.25, -0.2) is 4.98 Å². The van der Waals surface area contributed by atoms with E-state index >= 15 is 0 Å². The van der Waals surface area contributed by atoms with Crippen LogP contribution >= 0.6 is 11.3 Å². The number of rotatable bonds is 5. The molecule has 0 amide bonds. The van der Waals surface area contributed by atoms with Gasteiger partial charge in [-0.2, -0.15) is 5.10 Å². The molecule has 104 valence electrons. The second-order valence-electron chi connectivity index (χ2n) is 4.76. The van der Waals surface area contributed by atoms with Crippen LogP contribution in [0.15, 0.2) is 5.38 Å². The van der Waals surface area contributed by atoms with E-state index in [-0.39, 0.29) is 0 Å². The summed E-state index contributed by atoms with van der Waals surface area (Å²) in [6.45, 7) is 5.72. The summed E-state index contributed by atoms with van der Waals surface area (Å²) < 4.78 is 1.95. The summed E-state index contributed by atoms with van der Waals surface area (Å²) in [5, 5.41) is 11.0. The summed E-state index contributed by atoms with van der Waals surface area (Å²) >= 11 is 1.69. The molecule has 0 radical (unpaired) electrons. The van der Waals surface area contributed by atoms with Crippen molar-refractivity contribution in [3.8, 4) is 0 Å². The first-order chi connectivity index (χ1) is 9.02. The molecule has 2 aromatic heterocycles. The molecule has 1 N–H and O–H groups in total. The largest absolute Gasteiger partial charge is 0.354 e. The van der Waals surface area contributed by atoms with Crippen molar-refractivity contribution in [3.05, 3.63) is 27.3 Å². The van der Waals surface area contributed by atoms with Crippen LogP contribution in [0.1, 0.15) is 22.0 Å². The third-order valence-electron chi connectivity index (χ3n) is 3.09. The van der Waals surface area contributed by atoms with Crippen LogP contribution in [0.25, 0.3) is 0 Å². The van der Waals surface area contributed by atoms with Gasteiger partial charge in [0.05, 0.1) is 22.9 Å². The Hall–Kier alpha value is -1.40. The first-order valence-electron chi connectivity index (χ1n) is 6.32. The van der Waals surface area contributed by atoms with Gasteiger partial charge in [0.1, 0.15) is 5.82 Å². The average molecular weight is 279 g/mol. The Bertz CT molecular complexity index is 557. The Morgan fingerprint density at radius 2 is 2.16 bits per heavy atom. The molecule has 0 fully saturated rings. The van der Waals surface area contributed by atoms with E-state index in [9.17, 15) is 0 Å². The third-order valence-corrected chi connectivity index (χ3v) is 3.92. The third kappa shape index (κ3) is 2.96. The molecule has 0 saturated heterocycles. The first kappa shape index (κ1) is 14.0. The highest BCUT2D eigenvalue weighted by Gasteiger charge is 2.17. The lowest BCUT2D eigenvalue weighted by Gasteiger charge is -2.20. The second-order valence-corrected chi connectivity index (χ2v) is 5.82. The Balaban J connectivity index is 2.25. The molecule has 0 aliphatic heterocycles. The highest BCUT2D eigenvalue weighted by molar-refractivity contribution is 7.09. The lowest BCUT2D eigenvalue weighted by atomic mass is 10.2. The lowest BCUT2D eigenvalue weighted by molar-refractivity contribution is 0.720. The van der Waals surface area contributed by atoms with Gasteiger partial charge < -0.3 is 10.2 Å². The van der Waals surface area contributed by atoms with Gasteiger partial charge in [-0.1, -0.05) is 0 Å². The van der Waals surface area contributed by atoms with Crippen molar-refractivity contribution in [2.75, 3.05) is 19.0 Å². The van der Waals surface area contributed by atoms with Crippen molar-refractivity contribution in [3.63, 3.8) is 0 Å². The standard InChI is InChI=1S/C13H21N5S/c1-9-12(6-14-3)13(18(5)16-9)17(4)7-11-8-19-10(2)15-11/h8,14H,6-7H2,1-5H3. The molecular formula is C13H21N5S. The summed E-state index contributed by atoms with van der Waals surface area (Å²) in [6.07, 6.45) is 0. The Kier molecular flexibility index (Phi) is 4.21. The monoisotopic (exact) mass is 279 g/mol. The predicted molar refractivity (Wildman–Crippen MR) is 79.7 cm³/mol. The molecule has 5 nitrogen and oxygen atoms in total. The Morgan fingerprint density at radius 1 is 1.42 bits per heavy atom. The molecule has 2 aromatic rings. The van der Waals surface area contributed by atoms with Crippen LogP contribution < -0.4 is 10.2 Å².